The van der Waals surface area contributed by atoms with Crippen molar-refractivity contribution in [3.8, 4) is 0 Å². The number of benzene rings is 2. The van der Waals surface area contributed by atoms with Crippen LogP contribution in [0.1, 0.15) is 29.2 Å². The first-order chi connectivity index (χ1) is 14.5. The van der Waals surface area contributed by atoms with E-state index < -0.39 is 16.1 Å². The maximum absolute atomic E-state index is 13.3. The number of piperazine rings is 1. The Labute approximate surface area is 186 Å². The van der Waals surface area contributed by atoms with Gasteiger partial charge in [-0.1, -0.05) is 18.2 Å². The predicted octanol–water partition coefficient (Wildman–Crippen LogP) is 3.42. The Balaban J connectivity index is 1.78. The summed E-state index contributed by atoms with van der Waals surface area (Å²) in [6.45, 7) is 12.4. The van der Waals surface area contributed by atoms with Gasteiger partial charge in [0.2, 0.25) is 15.9 Å². The molecule has 0 aromatic heterocycles. The van der Waals surface area contributed by atoms with Gasteiger partial charge in [-0.2, -0.15) is 0 Å². The van der Waals surface area contributed by atoms with Crippen LogP contribution < -0.4 is 9.21 Å². The quantitative estimate of drug-likeness (QED) is 0.710. The number of hydrogen-bond acceptors (Lipinski definition) is 4. The van der Waals surface area contributed by atoms with Gasteiger partial charge in [-0.05, 0) is 75.1 Å². The Morgan fingerprint density at radius 2 is 1.55 bits per heavy atom. The molecule has 1 amide bonds. The lowest BCUT2D eigenvalue weighted by Crippen LogP contribution is -2.55. The molecule has 0 bridgehead atoms. The average Bonchev–Trinajstić information content (AvgIpc) is 2.68. The van der Waals surface area contributed by atoms with Gasteiger partial charge in [0.15, 0.2) is 0 Å². The molecule has 3 rings (SSSR count). The van der Waals surface area contributed by atoms with E-state index in [0.29, 0.717) is 18.8 Å². The van der Waals surface area contributed by atoms with Crippen molar-refractivity contribution in [1.29, 1.82) is 0 Å². The number of carbonyl (C=O) groups excluding carboxylic acids is 1. The van der Waals surface area contributed by atoms with E-state index in [0.717, 1.165) is 30.5 Å². The first-order valence-corrected chi connectivity index (χ1v) is 12.5. The summed E-state index contributed by atoms with van der Waals surface area (Å²) in [4.78, 5) is 17.4. The second kappa shape index (κ2) is 8.91. The van der Waals surface area contributed by atoms with Gasteiger partial charge in [0.1, 0.15) is 6.04 Å². The van der Waals surface area contributed by atoms with Gasteiger partial charge in [0.25, 0.3) is 0 Å². The molecule has 0 radical (unpaired) electrons. The number of rotatable bonds is 5. The summed E-state index contributed by atoms with van der Waals surface area (Å²) in [5, 5.41) is 0. The lowest BCUT2D eigenvalue weighted by molar-refractivity contribution is -0.132. The van der Waals surface area contributed by atoms with Crippen LogP contribution >= 0.6 is 0 Å². The van der Waals surface area contributed by atoms with E-state index in [-0.39, 0.29) is 5.91 Å². The molecular weight excluding hydrogens is 410 g/mol. The highest BCUT2D eigenvalue weighted by molar-refractivity contribution is 7.92. The monoisotopic (exact) mass is 443 g/mol. The Hall–Kier alpha value is -2.54. The zero-order valence-electron chi connectivity index (χ0n) is 19.3. The molecule has 1 fully saturated rings. The minimum absolute atomic E-state index is 0.162. The van der Waals surface area contributed by atoms with Crippen LogP contribution in [0.4, 0.5) is 11.4 Å². The van der Waals surface area contributed by atoms with E-state index >= 15 is 0 Å². The summed E-state index contributed by atoms with van der Waals surface area (Å²) < 4.78 is 26.5. The second-order valence-corrected chi connectivity index (χ2v) is 10.5. The highest BCUT2D eigenvalue weighted by Crippen LogP contribution is 2.26. The van der Waals surface area contributed by atoms with Crippen molar-refractivity contribution in [2.24, 2.45) is 0 Å². The zero-order chi connectivity index (χ0) is 22.9. The molecule has 1 aliphatic rings. The van der Waals surface area contributed by atoms with Gasteiger partial charge in [-0.3, -0.25) is 9.10 Å². The van der Waals surface area contributed by atoms with E-state index in [4.69, 9.17) is 0 Å². The first-order valence-electron chi connectivity index (χ1n) is 10.7. The molecule has 7 heteroatoms. The van der Waals surface area contributed by atoms with Crippen molar-refractivity contribution in [2.45, 2.75) is 40.7 Å². The fourth-order valence-corrected chi connectivity index (χ4v) is 5.54. The summed E-state index contributed by atoms with van der Waals surface area (Å²) in [5.74, 6) is -0.162. The Kier molecular flexibility index (Phi) is 6.65. The Bertz CT molecular complexity index is 1050. The van der Waals surface area contributed by atoms with Gasteiger partial charge in [0, 0.05) is 31.9 Å². The van der Waals surface area contributed by atoms with Gasteiger partial charge in [-0.25, -0.2) is 8.42 Å². The minimum atomic E-state index is -3.62. The topological polar surface area (TPSA) is 60.9 Å². The van der Waals surface area contributed by atoms with Crippen molar-refractivity contribution in [3.63, 3.8) is 0 Å². The van der Waals surface area contributed by atoms with Crippen LogP contribution in [0.25, 0.3) is 0 Å². The standard InChI is InChI=1S/C24H33N3O3S/c1-17-14-18(2)16-22(15-17)27(31(6,29)30)21(5)24(28)26-12-10-25(11-13-26)23-9-7-8-19(3)20(23)4/h7-9,14-16,21H,10-13H2,1-6H3/t21-/m1/s1. The molecule has 2 aromatic rings. The minimum Gasteiger partial charge on any atom is -0.368 e. The molecule has 31 heavy (non-hydrogen) atoms. The number of hydrogen-bond donors (Lipinski definition) is 0. The number of nitrogens with zero attached hydrogens (tertiary/aromatic N) is 3. The van der Waals surface area contributed by atoms with Crippen LogP contribution in [0.3, 0.4) is 0 Å². The molecule has 6 nitrogen and oxygen atoms in total. The maximum Gasteiger partial charge on any atom is 0.246 e. The number of amides is 1. The third-order valence-electron chi connectivity index (χ3n) is 6.04. The van der Waals surface area contributed by atoms with Crippen LogP contribution in [0.5, 0.6) is 0 Å². The van der Waals surface area contributed by atoms with Gasteiger partial charge in [0.05, 0.1) is 11.9 Å². The van der Waals surface area contributed by atoms with Crippen molar-refractivity contribution in [1.82, 2.24) is 4.90 Å². The molecule has 1 atom stereocenters. The molecule has 2 aromatic carbocycles. The molecule has 1 aliphatic heterocycles. The molecular formula is C24H33N3O3S. The van der Waals surface area contributed by atoms with E-state index in [2.05, 4.69) is 36.9 Å². The molecule has 0 spiro atoms. The summed E-state index contributed by atoms with van der Waals surface area (Å²) in [6, 6.07) is 11.1. The zero-order valence-corrected chi connectivity index (χ0v) is 20.2. The van der Waals surface area contributed by atoms with Crippen LogP contribution in [0.15, 0.2) is 36.4 Å². The molecule has 0 unspecified atom stereocenters. The molecule has 0 saturated carbocycles. The Morgan fingerprint density at radius 1 is 0.968 bits per heavy atom. The van der Waals surface area contributed by atoms with Gasteiger partial charge in [-0.15, -0.1) is 0 Å². The normalized spacial score (nSPS) is 15.7. The van der Waals surface area contributed by atoms with Gasteiger partial charge >= 0.3 is 0 Å². The van der Waals surface area contributed by atoms with Crippen molar-refractivity contribution in [3.05, 3.63) is 58.7 Å². The van der Waals surface area contributed by atoms with E-state index in [9.17, 15) is 13.2 Å². The first kappa shape index (κ1) is 23.1. The third-order valence-corrected chi connectivity index (χ3v) is 7.28. The van der Waals surface area contributed by atoms with Crippen LogP contribution in [-0.4, -0.2) is 57.7 Å². The smallest absolute Gasteiger partial charge is 0.246 e. The number of carbonyl (C=O) groups is 1. The van der Waals surface area contributed by atoms with Gasteiger partial charge < -0.3 is 9.80 Å². The number of anilines is 2. The van der Waals surface area contributed by atoms with Crippen LogP contribution in [-0.2, 0) is 14.8 Å². The molecule has 0 aliphatic carbocycles. The average molecular weight is 444 g/mol. The summed E-state index contributed by atoms with van der Waals surface area (Å²) >= 11 is 0. The van der Waals surface area contributed by atoms with Crippen LogP contribution in [0.2, 0.25) is 0 Å². The van der Waals surface area contributed by atoms with Crippen molar-refractivity contribution in [2.75, 3.05) is 41.6 Å². The van der Waals surface area contributed by atoms with Crippen molar-refractivity contribution >= 4 is 27.3 Å². The number of aryl methyl sites for hydroxylation is 3. The maximum atomic E-state index is 13.3. The highest BCUT2D eigenvalue weighted by atomic mass is 32.2. The van der Waals surface area contributed by atoms with E-state index in [1.165, 1.54) is 21.1 Å². The molecule has 0 N–H and O–H groups in total. The highest BCUT2D eigenvalue weighted by Gasteiger charge is 2.33. The summed E-state index contributed by atoms with van der Waals surface area (Å²) in [6.07, 6.45) is 1.16. The lowest BCUT2D eigenvalue weighted by atomic mass is 10.1. The fraction of sp³-hybridized carbons (Fsp3) is 0.458. The fourth-order valence-electron chi connectivity index (χ4n) is 4.39. The summed E-state index contributed by atoms with van der Waals surface area (Å²) in [7, 11) is -3.62. The van der Waals surface area contributed by atoms with Crippen molar-refractivity contribution < 1.29 is 13.2 Å². The second-order valence-electron chi connectivity index (χ2n) is 8.61. The molecule has 1 saturated heterocycles. The predicted molar refractivity (Wildman–Crippen MR) is 127 cm³/mol. The SMILES string of the molecule is Cc1cc(C)cc(N([C@H](C)C(=O)N2CCN(c3cccc(C)c3C)CC2)S(C)(=O)=O)c1. The lowest BCUT2D eigenvalue weighted by Gasteiger charge is -2.39. The largest absolute Gasteiger partial charge is 0.368 e. The van der Waals surface area contributed by atoms with Crippen LogP contribution in [0, 0.1) is 27.7 Å². The van der Waals surface area contributed by atoms with E-state index in [1.807, 2.05) is 32.0 Å². The molecule has 168 valence electrons. The number of sulfonamides is 1. The van der Waals surface area contributed by atoms with E-state index in [1.54, 1.807) is 11.8 Å². The summed E-state index contributed by atoms with van der Waals surface area (Å²) in [5.41, 5.74) is 6.18. The third kappa shape index (κ3) is 5.03. The Morgan fingerprint density at radius 3 is 2.10 bits per heavy atom. The molecule has 1 heterocycles.